The Labute approximate surface area is 112 Å². The molecule has 1 aromatic carbocycles. The first kappa shape index (κ1) is 14.6. The molecule has 0 unspecified atom stereocenters. The van der Waals surface area contributed by atoms with Crippen molar-refractivity contribution < 1.29 is 12.6 Å². The van der Waals surface area contributed by atoms with E-state index in [0.717, 1.165) is 24.0 Å². The Morgan fingerprint density at radius 1 is 1.18 bits per heavy atom. The van der Waals surface area contributed by atoms with Gasteiger partial charge in [0.1, 0.15) is 0 Å². The van der Waals surface area contributed by atoms with Crippen molar-refractivity contribution in [3.8, 4) is 0 Å². The summed E-state index contributed by atoms with van der Waals surface area (Å²) in [4.78, 5) is 0. The first-order valence-corrected chi connectivity index (χ1v) is 7.30. The van der Waals surface area contributed by atoms with Gasteiger partial charge in [-0.3, -0.25) is 4.18 Å². The van der Waals surface area contributed by atoms with E-state index >= 15 is 0 Å². The van der Waals surface area contributed by atoms with Gasteiger partial charge in [0.25, 0.3) is 11.0 Å². The molecule has 0 saturated carbocycles. The van der Waals surface area contributed by atoms with Crippen LogP contribution in [0.2, 0.25) is 0 Å². The molecule has 4 nitrogen and oxygen atoms in total. The number of halogens is 1. The Hall–Kier alpha value is -0.430. The molecule has 0 bridgehead atoms. The fraction of sp³-hybridized carbons (Fsp3) is 0.455. The summed E-state index contributed by atoms with van der Waals surface area (Å²) in [7, 11) is -2.70. The minimum absolute atomic E-state index is 0.254. The van der Waals surface area contributed by atoms with Crippen molar-refractivity contribution in [3.05, 3.63) is 34.3 Å². The maximum atomic E-state index is 10.1. The number of hydrogen-bond donors (Lipinski definition) is 2. The van der Waals surface area contributed by atoms with Crippen molar-refractivity contribution >= 4 is 26.9 Å². The third-order valence-corrected chi connectivity index (χ3v) is 3.12. The summed E-state index contributed by atoms with van der Waals surface area (Å²) >= 11 is 3.39. The highest BCUT2D eigenvalue weighted by atomic mass is 79.9. The van der Waals surface area contributed by atoms with Crippen LogP contribution in [0.1, 0.15) is 12.0 Å². The summed E-state index contributed by atoms with van der Waals surface area (Å²) in [6.07, 6.45) is 1.66. The fourth-order valence-corrected chi connectivity index (χ4v) is 1.89. The third-order valence-electron chi connectivity index (χ3n) is 2.20. The number of benzene rings is 1. The van der Waals surface area contributed by atoms with E-state index in [9.17, 15) is 8.42 Å². The largest absolute Gasteiger partial charge is 0.316 e. The molecule has 0 aromatic heterocycles. The highest BCUT2D eigenvalue weighted by Gasteiger charge is 1.94. The van der Waals surface area contributed by atoms with Gasteiger partial charge in [-0.2, -0.15) is 0 Å². The lowest BCUT2D eigenvalue weighted by Gasteiger charge is -2.04. The van der Waals surface area contributed by atoms with E-state index in [2.05, 4.69) is 37.6 Å². The average Bonchev–Trinajstić information content (AvgIpc) is 2.30. The highest BCUT2D eigenvalue weighted by Crippen LogP contribution is 2.10. The summed E-state index contributed by atoms with van der Waals surface area (Å²) in [5.41, 5.74) is 1.28. The SMILES string of the molecule is O=[SH](=O)OCCCNCCc1ccc(Br)cc1. The van der Waals surface area contributed by atoms with Crippen LogP contribution in [-0.2, 0) is 21.6 Å². The minimum atomic E-state index is -2.70. The summed E-state index contributed by atoms with van der Waals surface area (Å²) in [6.45, 7) is 1.90. The normalized spacial score (nSPS) is 10.9. The van der Waals surface area contributed by atoms with E-state index in [1.165, 1.54) is 5.56 Å². The Bertz CT molecular complexity index is 384. The van der Waals surface area contributed by atoms with Crippen LogP contribution in [0.3, 0.4) is 0 Å². The zero-order valence-corrected chi connectivity index (χ0v) is 11.9. The number of hydrogen-bond acceptors (Lipinski definition) is 4. The Morgan fingerprint density at radius 2 is 1.88 bits per heavy atom. The van der Waals surface area contributed by atoms with Crippen LogP contribution in [0.4, 0.5) is 0 Å². The number of rotatable bonds is 8. The zero-order chi connectivity index (χ0) is 12.5. The topological polar surface area (TPSA) is 55.4 Å². The van der Waals surface area contributed by atoms with Crippen molar-refractivity contribution in [1.29, 1.82) is 0 Å². The molecule has 0 aliphatic rings. The molecule has 1 rings (SSSR count). The maximum absolute atomic E-state index is 10.1. The molecule has 0 radical (unpaired) electrons. The fourth-order valence-electron chi connectivity index (χ4n) is 1.35. The second-order valence-corrected chi connectivity index (χ2v) is 5.16. The molecular formula is C11H16BrNO3S. The van der Waals surface area contributed by atoms with E-state index in [0.29, 0.717) is 6.42 Å². The summed E-state index contributed by atoms with van der Waals surface area (Å²) in [5, 5.41) is 3.23. The quantitative estimate of drug-likeness (QED) is 0.563. The molecular weight excluding hydrogens is 306 g/mol. The van der Waals surface area contributed by atoms with Crippen molar-refractivity contribution in [3.63, 3.8) is 0 Å². The van der Waals surface area contributed by atoms with Crippen LogP contribution < -0.4 is 5.32 Å². The second kappa shape index (κ2) is 8.63. The molecule has 0 atom stereocenters. The van der Waals surface area contributed by atoms with Gasteiger partial charge in [-0.25, -0.2) is 8.42 Å². The number of nitrogens with one attached hydrogen (secondary N) is 1. The minimum Gasteiger partial charge on any atom is -0.316 e. The smallest absolute Gasteiger partial charge is 0.257 e. The lowest BCUT2D eigenvalue weighted by molar-refractivity contribution is 0.324. The molecule has 0 heterocycles. The van der Waals surface area contributed by atoms with Crippen molar-refractivity contribution in [2.24, 2.45) is 0 Å². The lowest BCUT2D eigenvalue weighted by Crippen LogP contribution is -2.19. The van der Waals surface area contributed by atoms with Crippen LogP contribution in [0, 0.1) is 0 Å². The predicted octanol–water partition coefficient (Wildman–Crippen LogP) is 1.51. The maximum Gasteiger partial charge on any atom is 0.257 e. The Balaban J connectivity index is 2.02. The van der Waals surface area contributed by atoms with Crippen molar-refractivity contribution in [2.75, 3.05) is 19.7 Å². The second-order valence-electron chi connectivity index (χ2n) is 3.54. The first-order chi connectivity index (χ1) is 8.18. The molecule has 0 saturated heterocycles. The molecule has 6 heteroatoms. The molecule has 0 spiro atoms. The van der Waals surface area contributed by atoms with Gasteiger partial charge in [0.2, 0.25) is 0 Å². The van der Waals surface area contributed by atoms with Crippen LogP contribution in [0.5, 0.6) is 0 Å². The summed E-state index contributed by atoms with van der Waals surface area (Å²) in [6, 6.07) is 8.20. The highest BCUT2D eigenvalue weighted by molar-refractivity contribution is 9.10. The van der Waals surface area contributed by atoms with Gasteiger partial charge in [0.05, 0.1) is 6.61 Å². The van der Waals surface area contributed by atoms with Crippen LogP contribution in [-0.4, -0.2) is 28.1 Å². The average molecular weight is 322 g/mol. The van der Waals surface area contributed by atoms with Crippen LogP contribution in [0.15, 0.2) is 28.7 Å². The van der Waals surface area contributed by atoms with Gasteiger partial charge < -0.3 is 5.32 Å². The van der Waals surface area contributed by atoms with E-state index in [-0.39, 0.29) is 6.61 Å². The monoisotopic (exact) mass is 321 g/mol. The molecule has 0 aliphatic carbocycles. The van der Waals surface area contributed by atoms with Gasteiger partial charge in [0.15, 0.2) is 0 Å². The van der Waals surface area contributed by atoms with Crippen molar-refractivity contribution in [1.82, 2.24) is 5.32 Å². The van der Waals surface area contributed by atoms with Gasteiger partial charge in [0, 0.05) is 4.47 Å². The predicted molar refractivity (Wildman–Crippen MR) is 71.6 cm³/mol. The molecule has 0 aliphatic heterocycles. The summed E-state index contributed by atoms with van der Waals surface area (Å²) in [5.74, 6) is 0. The molecule has 0 fully saturated rings. The van der Waals surface area contributed by atoms with E-state index in [1.54, 1.807) is 0 Å². The molecule has 0 amide bonds. The van der Waals surface area contributed by atoms with E-state index in [1.807, 2.05) is 12.1 Å². The van der Waals surface area contributed by atoms with Crippen LogP contribution >= 0.6 is 15.9 Å². The molecule has 1 aromatic rings. The van der Waals surface area contributed by atoms with Gasteiger partial charge in [-0.05, 0) is 43.6 Å². The van der Waals surface area contributed by atoms with E-state index < -0.39 is 11.0 Å². The lowest BCUT2D eigenvalue weighted by atomic mass is 10.1. The first-order valence-electron chi connectivity index (χ1n) is 5.41. The van der Waals surface area contributed by atoms with Gasteiger partial charge in [-0.15, -0.1) is 0 Å². The van der Waals surface area contributed by atoms with E-state index in [4.69, 9.17) is 0 Å². The molecule has 1 N–H and O–H groups in total. The zero-order valence-electron chi connectivity index (χ0n) is 9.39. The molecule has 17 heavy (non-hydrogen) atoms. The van der Waals surface area contributed by atoms with Gasteiger partial charge >= 0.3 is 0 Å². The number of thiol groups is 1. The molecule has 96 valence electrons. The standard InChI is InChI=1S/C11H16BrNO3S/c12-11-4-2-10(3-5-11)6-8-13-7-1-9-16-17(14)15/h2-5,13,17H,1,6-9H2. The third kappa shape index (κ3) is 7.49. The van der Waals surface area contributed by atoms with Crippen molar-refractivity contribution in [2.45, 2.75) is 12.8 Å². The van der Waals surface area contributed by atoms with Gasteiger partial charge in [-0.1, -0.05) is 28.1 Å². The Kier molecular flexibility index (Phi) is 7.43. The Morgan fingerprint density at radius 3 is 2.53 bits per heavy atom. The summed E-state index contributed by atoms with van der Waals surface area (Å²) < 4.78 is 25.7. The van der Waals surface area contributed by atoms with Crippen LogP contribution in [0.25, 0.3) is 0 Å².